The third kappa shape index (κ3) is 5.19. The Morgan fingerprint density at radius 2 is 1.92 bits per heavy atom. The number of anilines is 1. The van der Waals surface area contributed by atoms with E-state index in [9.17, 15) is 9.59 Å². The quantitative estimate of drug-likeness (QED) is 0.523. The maximum absolute atomic E-state index is 12.5. The van der Waals surface area contributed by atoms with Gasteiger partial charge in [-0.05, 0) is 56.5 Å². The van der Waals surface area contributed by atoms with Crippen LogP contribution in [0.3, 0.4) is 0 Å². The highest BCUT2D eigenvalue weighted by Gasteiger charge is 2.23. The molecule has 0 bridgehead atoms. The van der Waals surface area contributed by atoms with Crippen molar-refractivity contribution in [1.82, 2.24) is 0 Å². The summed E-state index contributed by atoms with van der Waals surface area (Å²) in [6.45, 7) is 7.52. The van der Waals surface area contributed by atoms with E-state index in [4.69, 9.17) is 16.3 Å². The van der Waals surface area contributed by atoms with Gasteiger partial charge in [-0.3, -0.25) is 4.79 Å². The second-order valence-electron chi connectivity index (χ2n) is 6.02. The molecule has 6 heteroatoms. The average Bonchev–Trinajstić information content (AvgIpc) is 2.88. The Kier molecular flexibility index (Phi) is 7.00. The van der Waals surface area contributed by atoms with Crippen LogP contribution in [0.5, 0.6) is 0 Å². The molecule has 0 spiro atoms. The summed E-state index contributed by atoms with van der Waals surface area (Å²) in [7, 11) is 0. The molecule has 0 radical (unpaired) electrons. The Bertz CT molecular complexity index is 822. The fourth-order valence-corrected chi connectivity index (χ4v) is 3.74. The van der Waals surface area contributed by atoms with Crippen LogP contribution in [0.2, 0.25) is 5.02 Å². The van der Waals surface area contributed by atoms with Crippen LogP contribution in [0.25, 0.3) is 6.08 Å². The molecule has 4 nitrogen and oxygen atoms in total. The van der Waals surface area contributed by atoms with Gasteiger partial charge in [0.2, 0.25) is 5.91 Å². The number of aryl methyl sites for hydroxylation is 1. The molecule has 26 heavy (non-hydrogen) atoms. The number of hydrogen-bond donors (Lipinski definition) is 1. The van der Waals surface area contributed by atoms with Gasteiger partial charge in [0, 0.05) is 16.0 Å². The third-order valence-electron chi connectivity index (χ3n) is 3.64. The standard InChI is InChI=1S/C20H22ClNO3S/c1-5-16-13(4)26-19(18(16)20(24)25-12(2)3)22-17(23)11-8-14-6-9-15(21)10-7-14/h6-12H,5H2,1-4H3,(H,22,23)/b11-8+. The number of thiophene rings is 1. The van der Waals surface area contributed by atoms with Gasteiger partial charge in [-0.2, -0.15) is 0 Å². The topological polar surface area (TPSA) is 55.4 Å². The summed E-state index contributed by atoms with van der Waals surface area (Å²) in [6, 6.07) is 7.16. The molecule has 1 aromatic carbocycles. The van der Waals surface area contributed by atoms with E-state index in [0.717, 1.165) is 16.0 Å². The van der Waals surface area contributed by atoms with Gasteiger partial charge in [-0.1, -0.05) is 30.7 Å². The molecule has 1 aromatic heterocycles. The van der Waals surface area contributed by atoms with E-state index in [1.807, 2.05) is 26.0 Å². The minimum absolute atomic E-state index is 0.222. The molecule has 0 aliphatic heterocycles. The summed E-state index contributed by atoms with van der Waals surface area (Å²) in [5.74, 6) is -0.708. The highest BCUT2D eigenvalue weighted by Crippen LogP contribution is 2.34. The van der Waals surface area contributed by atoms with Gasteiger partial charge in [-0.15, -0.1) is 11.3 Å². The van der Waals surface area contributed by atoms with Crippen molar-refractivity contribution >= 4 is 45.9 Å². The lowest BCUT2D eigenvalue weighted by atomic mass is 10.1. The Balaban J connectivity index is 2.21. The van der Waals surface area contributed by atoms with Gasteiger partial charge < -0.3 is 10.1 Å². The fourth-order valence-electron chi connectivity index (χ4n) is 2.48. The Labute approximate surface area is 162 Å². The second kappa shape index (κ2) is 9.01. The predicted molar refractivity (Wildman–Crippen MR) is 108 cm³/mol. The number of amides is 1. The van der Waals surface area contributed by atoms with Crippen molar-refractivity contribution < 1.29 is 14.3 Å². The van der Waals surface area contributed by atoms with E-state index >= 15 is 0 Å². The van der Waals surface area contributed by atoms with Crippen molar-refractivity contribution in [2.45, 2.75) is 40.2 Å². The SMILES string of the molecule is CCc1c(C)sc(NC(=O)/C=C/c2ccc(Cl)cc2)c1C(=O)OC(C)C. The third-order valence-corrected chi connectivity index (χ3v) is 4.96. The number of nitrogens with one attached hydrogen (secondary N) is 1. The minimum atomic E-state index is -0.404. The first-order valence-electron chi connectivity index (χ1n) is 8.39. The number of hydrogen-bond acceptors (Lipinski definition) is 4. The molecule has 0 fully saturated rings. The predicted octanol–water partition coefficient (Wildman–Crippen LogP) is 5.49. The van der Waals surface area contributed by atoms with Crippen LogP contribution in [0.15, 0.2) is 30.3 Å². The normalized spacial score (nSPS) is 11.2. The van der Waals surface area contributed by atoms with Crippen molar-refractivity contribution in [2.75, 3.05) is 5.32 Å². The molecule has 0 atom stereocenters. The Hall–Kier alpha value is -2.11. The van der Waals surface area contributed by atoms with Crippen molar-refractivity contribution in [3.8, 4) is 0 Å². The number of benzene rings is 1. The van der Waals surface area contributed by atoms with Gasteiger partial charge in [-0.25, -0.2) is 4.79 Å². The fraction of sp³-hybridized carbons (Fsp3) is 0.300. The highest BCUT2D eigenvalue weighted by atomic mass is 35.5. The zero-order valence-corrected chi connectivity index (χ0v) is 16.8. The lowest BCUT2D eigenvalue weighted by Gasteiger charge is -2.10. The van der Waals surface area contributed by atoms with Gasteiger partial charge in [0.15, 0.2) is 0 Å². The molecular formula is C20H22ClNO3S. The maximum Gasteiger partial charge on any atom is 0.341 e. The number of halogens is 1. The first kappa shape index (κ1) is 20.2. The average molecular weight is 392 g/mol. The van der Waals surface area contributed by atoms with Crippen molar-refractivity contribution in [2.24, 2.45) is 0 Å². The lowest BCUT2D eigenvalue weighted by Crippen LogP contribution is -2.16. The first-order valence-corrected chi connectivity index (χ1v) is 9.59. The molecule has 0 aliphatic rings. The molecule has 0 unspecified atom stereocenters. The van der Waals surface area contributed by atoms with Gasteiger partial charge >= 0.3 is 5.97 Å². The molecule has 138 valence electrons. The van der Waals surface area contributed by atoms with Crippen LogP contribution in [0.1, 0.15) is 47.1 Å². The molecule has 1 N–H and O–H groups in total. The summed E-state index contributed by atoms with van der Waals surface area (Å²) in [5, 5.41) is 3.97. The minimum Gasteiger partial charge on any atom is -0.459 e. The highest BCUT2D eigenvalue weighted by molar-refractivity contribution is 7.16. The van der Waals surface area contributed by atoms with Crippen LogP contribution in [-0.2, 0) is 16.0 Å². The first-order chi connectivity index (χ1) is 12.3. The van der Waals surface area contributed by atoms with E-state index < -0.39 is 5.97 Å². The number of carbonyl (C=O) groups is 2. The summed E-state index contributed by atoms with van der Waals surface area (Å²) in [4.78, 5) is 25.8. The smallest absolute Gasteiger partial charge is 0.341 e. The van der Waals surface area contributed by atoms with E-state index in [1.54, 1.807) is 32.1 Å². The number of rotatable bonds is 6. The van der Waals surface area contributed by atoms with Crippen LogP contribution < -0.4 is 5.32 Å². The molecule has 0 saturated carbocycles. The van der Waals surface area contributed by atoms with Crippen molar-refractivity contribution in [3.05, 3.63) is 56.9 Å². The van der Waals surface area contributed by atoms with Crippen molar-refractivity contribution in [1.29, 1.82) is 0 Å². The number of carbonyl (C=O) groups excluding carboxylic acids is 2. The molecule has 0 saturated heterocycles. The van der Waals surface area contributed by atoms with Crippen molar-refractivity contribution in [3.63, 3.8) is 0 Å². The summed E-state index contributed by atoms with van der Waals surface area (Å²) in [6.07, 6.45) is 3.60. The van der Waals surface area contributed by atoms with Gasteiger partial charge in [0.25, 0.3) is 0 Å². The van der Waals surface area contributed by atoms with E-state index in [2.05, 4.69) is 5.32 Å². The molecule has 2 rings (SSSR count). The van der Waals surface area contributed by atoms with Crippen LogP contribution in [-0.4, -0.2) is 18.0 Å². The lowest BCUT2D eigenvalue weighted by molar-refractivity contribution is -0.111. The summed E-state index contributed by atoms with van der Waals surface area (Å²) in [5.41, 5.74) is 2.23. The monoisotopic (exact) mass is 391 g/mol. The molecule has 2 aromatic rings. The van der Waals surface area contributed by atoms with Crippen LogP contribution in [0, 0.1) is 6.92 Å². The number of ether oxygens (including phenoxy) is 1. The van der Waals surface area contributed by atoms with Crippen LogP contribution in [0.4, 0.5) is 5.00 Å². The van der Waals surface area contributed by atoms with Gasteiger partial charge in [0.1, 0.15) is 5.00 Å². The molecule has 1 heterocycles. The molecule has 1 amide bonds. The summed E-state index contributed by atoms with van der Waals surface area (Å²) < 4.78 is 5.34. The Morgan fingerprint density at radius 3 is 2.50 bits per heavy atom. The zero-order valence-electron chi connectivity index (χ0n) is 15.3. The van der Waals surface area contributed by atoms with Crippen LogP contribution >= 0.6 is 22.9 Å². The second-order valence-corrected chi connectivity index (χ2v) is 7.68. The molecule has 0 aliphatic carbocycles. The summed E-state index contributed by atoms with van der Waals surface area (Å²) >= 11 is 7.24. The zero-order chi connectivity index (χ0) is 19.3. The van der Waals surface area contributed by atoms with E-state index in [1.165, 1.54) is 17.4 Å². The molecular weight excluding hydrogens is 370 g/mol. The van der Waals surface area contributed by atoms with E-state index in [0.29, 0.717) is 22.0 Å². The van der Waals surface area contributed by atoms with Gasteiger partial charge in [0.05, 0.1) is 11.7 Å². The maximum atomic E-state index is 12.5. The van der Waals surface area contributed by atoms with E-state index in [-0.39, 0.29) is 12.0 Å². The largest absolute Gasteiger partial charge is 0.459 e. The number of esters is 1. The Morgan fingerprint density at radius 1 is 1.27 bits per heavy atom.